The second-order valence-electron chi connectivity index (χ2n) is 6.33. The Bertz CT molecular complexity index is 1030. The third kappa shape index (κ3) is 5.21. The molecule has 3 rings (SSSR count). The van der Waals surface area contributed by atoms with Crippen LogP contribution in [0, 0.1) is 0 Å². The number of sulfonamides is 1. The SMILES string of the molecule is CCNS(=O)(=O)c1ccc(/C=C/C(=O)Nc2cccc(N3CCNC3=O)c2)cc1. The molecule has 2 aromatic rings. The summed E-state index contributed by atoms with van der Waals surface area (Å²) in [5.41, 5.74) is 1.97. The molecule has 1 aliphatic heterocycles. The Morgan fingerprint density at radius 2 is 1.97 bits per heavy atom. The van der Waals surface area contributed by atoms with Crippen LogP contribution in [0.1, 0.15) is 12.5 Å². The quantitative estimate of drug-likeness (QED) is 0.604. The lowest BCUT2D eigenvalue weighted by Gasteiger charge is -2.15. The molecule has 1 heterocycles. The standard InChI is InChI=1S/C20H22N4O4S/c1-2-22-29(27,28)18-9-6-15(7-10-18)8-11-19(25)23-16-4-3-5-17(14-16)24-13-12-21-20(24)26/h3-11,14,22H,2,12-13H2,1H3,(H,21,26)(H,23,25)/b11-8+. The fourth-order valence-corrected chi connectivity index (χ4v) is 3.90. The van der Waals surface area contributed by atoms with Crippen LogP contribution in [0.15, 0.2) is 59.5 Å². The normalized spacial score (nSPS) is 14.2. The third-order valence-corrected chi connectivity index (χ3v) is 5.80. The second kappa shape index (κ2) is 8.89. The summed E-state index contributed by atoms with van der Waals surface area (Å²) < 4.78 is 26.3. The summed E-state index contributed by atoms with van der Waals surface area (Å²) in [6.07, 6.45) is 2.96. The molecule has 1 fully saturated rings. The summed E-state index contributed by atoms with van der Waals surface area (Å²) in [4.78, 5) is 25.7. The van der Waals surface area contributed by atoms with Gasteiger partial charge in [-0.3, -0.25) is 9.69 Å². The van der Waals surface area contributed by atoms with Crippen molar-refractivity contribution in [3.63, 3.8) is 0 Å². The van der Waals surface area contributed by atoms with Crippen molar-refractivity contribution >= 4 is 39.4 Å². The van der Waals surface area contributed by atoms with Crippen LogP contribution >= 0.6 is 0 Å². The maximum Gasteiger partial charge on any atom is 0.321 e. The molecule has 0 aliphatic carbocycles. The predicted octanol–water partition coefficient (Wildman–Crippen LogP) is 2.17. The number of hydrogen-bond acceptors (Lipinski definition) is 4. The molecule has 3 amide bonds. The lowest BCUT2D eigenvalue weighted by Crippen LogP contribution is -2.27. The fourth-order valence-electron chi connectivity index (χ4n) is 2.86. The Kier molecular flexibility index (Phi) is 6.30. The van der Waals surface area contributed by atoms with Gasteiger partial charge in [-0.2, -0.15) is 0 Å². The average Bonchev–Trinajstić information content (AvgIpc) is 3.13. The lowest BCUT2D eigenvalue weighted by molar-refractivity contribution is -0.111. The van der Waals surface area contributed by atoms with Gasteiger partial charge in [-0.1, -0.05) is 25.1 Å². The molecule has 152 valence electrons. The molecule has 0 atom stereocenters. The van der Waals surface area contributed by atoms with Crippen LogP contribution in [0.4, 0.5) is 16.2 Å². The van der Waals surface area contributed by atoms with Crippen LogP contribution in [0.25, 0.3) is 6.08 Å². The smallest absolute Gasteiger partial charge is 0.321 e. The molecule has 0 bridgehead atoms. The van der Waals surface area contributed by atoms with Crippen LogP contribution in [-0.4, -0.2) is 40.0 Å². The second-order valence-corrected chi connectivity index (χ2v) is 8.09. The van der Waals surface area contributed by atoms with Crippen molar-refractivity contribution in [3.05, 3.63) is 60.2 Å². The maximum atomic E-state index is 12.2. The number of hydrogen-bond donors (Lipinski definition) is 3. The first kappa shape index (κ1) is 20.6. The van der Waals surface area contributed by atoms with Gasteiger partial charge in [-0.25, -0.2) is 17.9 Å². The number of carbonyl (C=O) groups is 2. The molecule has 1 saturated heterocycles. The molecular formula is C20H22N4O4S. The molecule has 0 spiro atoms. The van der Waals surface area contributed by atoms with Gasteiger partial charge in [-0.15, -0.1) is 0 Å². The molecule has 1 aliphatic rings. The van der Waals surface area contributed by atoms with Crippen LogP contribution < -0.4 is 20.3 Å². The van der Waals surface area contributed by atoms with Gasteiger partial charge in [0.15, 0.2) is 0 Å². The van der Waals surface area contributed by atoms with Crippen molar-refractivity contribution in [2.45, 2.75) is 11.8 Å². The van der Waals surface area contributed by atoms with Gasteiger partial charge in [0, 0.05) is 37.1 Å². The minimum atomic E-state index is -3.50. The Balaban J connectivity index is 1.63. The van der Waals surface area contributed by atoms with E-state index in [0.29, 0.717) is 36.6 Å². The highest BCUT2D eigenvalue weighted by molar-refractivity contribution is 7.89. The molecule has 3 N–H and O–H groups in total. The first-order valence-corrected chi connectivity index (χ1v) is 10.6. The van der Waals surface area contributed by atoms with E-state index in [4.69, 9.17) is 0 Å². The zero-order chi connectivity index (χ0) is 20.9. The van der Waals surface area contributed by atoms with E-state index in [9.17, 15) is 18.0 Å². The van der Waals surface area contributed by atoms with Gasteiger partial charge in [0.05, 0.1) is 4.90 Å². The van der Waals surface area contributed by atoms with Crippen molar-refractivity contribution < 1.29 is 18.0 Å². The van der Waals surface area contributed by atoms with Crippen molar-refractivity contribution in [1.82, 2.24) is 10.0 Å². The number of benzene rings is 2. The van der Waals surface area contributed by atoms with Gasteiger partial charge in [0.2, 0.25) is 15.9 Å². The zero-order valence-electron chi connectivity index (χ0n) is 15.9. The van der Waals surface area contributed by atoms with E-state index in [1.54, 1.807) is 54.3 Å². The number of nitrogens with zero attached hydrogens (tertiary/aromatic N) is 1. The molecule has 8 nitrogen and oxygen atoms in total. The minimum Gasteiger partial charge on any atom is -0.336 e. The van der Waals surface area contributed by atoms with E-state index in [0.717, 1.165) is 0 Å². The van der Waals surface area contributed by atoms with E-state index in [1.807, 2.05) is 0 Å². The monoisotopic (exact) mass is 414 g/mol. The lowest BCUT2D eigenvalue weighted by atomic mass is 10.2. The van der Waals surface area contributed by atoms with Crippen molar-refractivity contribution in [2.24, 2.45) is 0 Å². The predicted molar refractivity (Wildman–Crippen MR) is 112 cm³/mol. The average molecular weight is 414 g/mol. The number of amides is 3. The Morgan fingerprint density at radius 1 is 1.21 bits per heavy atom. The van der Waals surface area contributed by atoms with Gasteiger partial charge < -0.3 is 10.6 Å². The zero-order valence-corrected chi connectivity index (χ0v) is 16.7. The van der Waals surface area contributed by atoms with Crippen LogP contribution in [0.3, 0.4) is 0 Å². The van der Waals surface area contributed by atoms with E-state index in [1.165, 1.54) is 18.2 Å². The van der Waals surface area contributed by atoms with Gasteiger partial charge in [-0.05, 0) is 42.0 Å². The summed E-state index contributed by atoms with van der Waals surface area (Å²) in [7, 11) is -3.50. The Labute approximate surface area is 169 Å². The third-order valence-electron chi connectivity index (χ3n) is 4.23. The molecular weight excluding hydrogens is 392 g/mol. The van der Waals surface area contributed by atoms with Crippen molar-refractivity contribution in [3.8, 4) is 0 Å². The largest absolute Gasteiger partial charge is 0.336 e. The number of nitrogens with one attached hydrogen (secondary N) is 3. The molecule has 9 heteroatoms. The highest BCUT2D eigenvalue weighted by atomic mass is 32.2. The fraction of sp³-hybridized carbons (Fsp3) is 0.200. The van der Waals surface area contributed by atoms with E-state index >= 15 is 0 Å². The summed E-state index contributed by atoms with van der Waals surface area (Å²) in [6, 6.07) is 13.1. The summed E-state index contributed by atoms with van der Waals surface area (Å²) in [5.74, 6) is -0.336. The molecule has 0 unspecified atom stereocenters. The summed E-state index contributed by atoms with van der Waals surface area (Å²) in [6.45, 7) is 3.19. The molecule has 0 aromatic heterocycles. The van der Waals surface area contributed by atoms with Gasteiger partial charge >= 0.3 is 6.03 Å². The minimum absolute atomic E-state index is 0.159. The van der Waals surface area contributed by atoms with Gasteiger partial charge in [0.25, 0.3) is 0 Å². The van der Waals surface area contributed by atoms with E-state index in [-0.39, 0.29) is 16.8 Å². The molecule has 0 radical (unpaired) electrons. The van der Waals surface area contributed by atoms with E-state index in [2.05, 4.69) is 15.4 Å². The highest BCUT2D eigenvalue weighted by Crippen LogP contribution is 2.21. The number of anilines is 2. The molecule has 2 aromatic carbocycles. The van der Waals surface area contributed by atoms with E-state index < -0.39 is 10.0 Å². The van der Waals surface area contributed by atoms with Crippen LogP contribution in [0.5, 0.6) is 0 Å². The number of carbonyl (C=O) groups excluding carboxylic acids is 2. The summed E-state index contributed by atoms with van der Waals surface area (Å²) in [5, 5.41) is 5.49. The topological polar surface area (TPSA) is 108 Å². The first-order chi connectivity index (χ1) is 13.9. The number of urea groups is 1. The Hall–Kier alpha value is -3.17. The highest BCUT2D eigenvalue weighted by Gasteiger charge is 2.21. The molecule has 29 heavy (non-hydrogen) atoms. The van der Waals surface area contributed by atoms with Crippen LogP contribution in [0.2, 0.25) is 0 Å². The summed E-state index contributed by atoms with van der Waals surface area (Å²) >= 11 is 0. The first-order valence-electron chi connectivity index (χ1n) is 9.13. The van der Waals surface area contributed by atoms with Gasteiger partial charge in [0.1, 0.15) is 0 Å². The maximum absolute atomic E-state index is 12.2. The van der Waals surface area contributed by atoms with Crippen LogP contribution in [-0.2, 0) is 14.8 Å². The Morgan fingerprint density at radius 3 is 2.62 bits per heavy atom. The van der Waals surface area contributed by atoms with Crippen molar-refractivity contribution in [2.75, 3.05) is 29.9 Å². The molecule has 0 saturated carbocycles. The van der Waals surface area contributed by atoms with Crippen molar-refractivity contribution in [1.29, 1.82) is 0 Å². The number of rotatable bonds is 7.